The first-order valence-corrected chi connectivity index (χ1v) is 10.2. The van der Waals surface area contributed by atoms with Crippen LogP contribution in [0.1, 0.15) is 39.3 Å². The summed E-state index contributed by atoms with van der Waals surface area (Å²) in [6, 6.07) is 20.5. The maximum Gasteiger partial charge on any atom is 0.259 e. The van der Waals surface area contributed by atoms with Crippen LogP contribution in [0.4, 0.5) is 0 Å². The summed E-state index contributed by atoms with van der Waals surface area (Å²) in [5, 5.41) is 14.8. The molecule has 0 fully saturated rings. The molecule has 0 spiro atoms. The number of pyridine rings is 1. The van der Waals surface area contributed by atoms with E-state index in [1.54, 1.807) is 13.0 Å². The number of aromatic amines is 1. The summed E-state index contributed by atoms with van der Waals surface area (Å²) in [7, 11) is 0. The number of carbonyl (C=O) groups is 1. The van der Waals surface area contributed by atoms with Gasteiger partial charge in [-0.25, -0.2) is 9.97 Å². The Hall–Kier alpha value is -4.33. The topological polar surface area (TPSA) is 110 Å². The maximum absolute atomic E-state index is 13.6. The van der Waals surface area contributed by atoms with Crippen molar-refractivity contribution < 1.29 is 9.32 Å². The van der Waals surface area contributed by atoms with Crippen molar-refractivity contribution in [3.05, 3.63) is 95.2 Å². The van der Waals surface area contributed by atoms with E-state index in [1.807, 2.05) is 67.6 Å². The minimum Gasteiger partial charge on any atom is -0.338 e. The van der Waals surface area contributed by atoms with Crippen molar-refractivity contribution in [1.82, 2.24) is 30.6 Å². The number of fused-ring (bicyclic) bond motifs is 1. The third kappa shape index (κ3) is 3.62. The Morgan fingerprint density at radius 3 is 2.41 bits per heavy atom. The van der Waals surface area contributed by atoms with E-state index >= 15 is 0 Å². The van der Waals surface area contributed by atoms with Gasteiger partial charge >= 0.3 is 0 Å². The van der Waals surface area contributed by atoms with Crippen LogP contribution in [0.25, 0.3) is 22.4 Å². The molecule has 5 aromatic rings. The van der Waals surface area contributed by atoms with Crippen LogP contribution in [0.2, 0.25) is 0 Å². The third-order valence-electron chi connectivity index (χ3n) is 5.21. The molecule has 0 bridgehead atoms. The maximum atomic E-state index is 13.6. The van der Waals surface area contributed by atoms with Crippen molar-refractivity contribution in [2.24, 2.45) is 0 Å². The highest BCUT2D eigenvalue weighted by atomic mass is 16.5. The van der Waals surface area contributed by atoms with Crippen LogP contribution in [0.5, 0.6) is 0 Å². The van der Waals surface area contributed by atoms with Gasteiger partial charge < -0.3 is 9.84 Å². The summed E-state index contributed by atoms with van der Waals surface area (Å²) in [6.45, 7) is 3.61. The molecular weight excluding hydrogens is 404 g/mol. The van der Waals surface area contributed by atoms with Crippen molar-refractivity contribution in [3.63, 3.8) is 0 Å². The molecule has 0 aliphatic heterocycles. The number of benzene rings is 2. The van der Waals surface area contributed by atoms with Crippen molar-refractivity contribution in [3.8, 4) is 11.3 Å². The summed E-state index contributed by atoms with van der Waals surface area (Å²) >= 11 is 0. The molecule has 0 aliphatic rings. The highest BCUT2D eigenvalue weighted by molar-refractivity contribution is 6.07. The second-order valence-electron chi connectivity index (χ2n) is 7.47. The number of amides is 1. The van der Waals surface area contributed by atoms with Gasteiger partial charge in [-0.2, -0.15) is 5.10 Å². The minimum absolute atomic E-state index is 0.294. The molecule has 158 valence electrons. The van der Waals surface area contributed by atoms with Crippen molar-refractivity contribution >= 4 is 17.0 Å². The molecule has 2 N–H and O–H groups in total. The monoisotopic (exact) mass is 424 g/mol. The van der Waals surface area contributed by atoms with Crippen LogP contribution < -0.4 is 5.32 Å². The summed E-state index contributed by atoms with van der Waals surface area (Å²) in [4.78, 5) is 22.6. The van der Waals surface area contributed by atoms with Crippen molar-refractivity contribution in [2.75, 3.05) is 0 Å². The van der Waals surface area contributed by atoms with Gasteiger partial charge in [0.2, 0.25) is 0 Å². The van der Waals surface area contributed by atoms with Gasteiger partial charge in [0.15, 0.2) is 5.82 Å². The standard InChI is InChI=1S/C24H20N6O2/c1-14-20-18(13-19(26-24(20)32-30-14)16-9-5-3-6-10-16)23(31)27-21(17-11-7-4-8-12-17)22-25-15(2)28-29-22/h3-13,21H,1-2H3,(H,27,31)(H,25,28,29). The molecule has 3 aromatic heterocycles. The average Bonchev–Trinajstić information content (AvgIpc) is 3.43. The van der Waals surface area contributed by atoms with Gasteiger partial charge in [0.05, 0.1) is 22.3 Å². The molecule has 2 aromatic carbocycles. The molecule has 32 heavy (non-hydrogen) atoms. The van der Waals surface area contributed by atoms with E-state index in [2.05, 4.69) is 30.6 Å². The summed E-state index contributed by atoms with van der Waals surface area (Å²) in [6.07, 6.45) is 0. The fraction of sp³-hybridized carbons (Fsp3) is 0.125. The van der Waals surface area contributed by atoms with E-state index in [0.717, 1.165) is 11.1 Å². The first-order chi connectivity index (χ1) is 15.6. The Morgan fingerprint density at radius 1 is 1.00 bits per heavy atom. The van der Waals surface area contributed by atoms with Gasteiger partial charge in [0.1, 0.15) is 11.9 Å². The highest BCUT2D eigenvalue weighted by Gasteiger charge is 2.25. The number of hydrogen-bond donors (Lipinski definition) is 2. The van der Waals surface area contributed by atoms with Crippen LogP contribution >= 0.6 is 0 Å². The summed E-state index contributed by atoms with van der Waals surface area (Å²) in [5.41, 5.74) is 3.73. The van der Waals surface area contributed by atoms with Gasteiger partial charge in [-0.3, -0.25) is 9.89 Å². The van der Waals surface area contributed by atoms with E-state index in [-0.39, 0.29) is 5.91 Å². The zero-order valence-electron chi connectivity index (χ0n) is 17.5. The SMILES string of the molecule is Cc1nc(C(NC(=O)c2cc(-c3ccccc3)nc3onc(C)c23)c2ccccc2)n[nH]1. The van der Waals surface area contributed by atoms with E-state index < -0.39 is 6.04 Å². The predicted octanol–water partition coefficient (Wildman–Crippen LogP) is 4.14. The average molecular weight is 424 g/mol. The number of rotatable bonds is 5. The zero-order chi connectivity index (χ0) is 22.1. The molecule has 0 radical (unpaired) electrons. The van der Waals surface area contributed by atoms with Crippen LogP contribution in [0.15, 0.2) is 71.3 Å². The second kappa shape index (κ2) is 8.07. The number of nitrogens with one attached hydrogen (secondary N) is 2. The Kier molecular flexibility index (Phi) is 4.95. The molecule has 1 amide bonds. The lowest BCUT2D eigenvalue weighted by Gasteiger charge is -2.17. The Bertz CT molecular complexity index is 1390. The third-order valence-corrected chi connectivity index (χ3v) is 5.21. The Morgan fingerprint density at radius 2 is 1.72 bits per heavy atom. The fourth-order valence-corrected chi connectivity index (χ4v) is 3.67. The van der Waals surface area contributed by atoms with Gasteiger partial charge in [-0.05, 0) is 25.5 Å². The number of hydrogen-bond acceptors (Lipinski definition) is 6. The molecule has 5 rings (SSSR count). The normalized spacial score (nSPS) is 12.1. The molecule has 0 saturated carbocycles. The van der Waals surface area contributed by atoms with Crippen LogP contribution in [0, 0.1) is 13.8 Å². The molecule has 8 heteroatoms. The van der Waals surface area contributed by atoms with E-state index in [0.29, 0.717) is 39.7 Å². The second-order valence-corrected chi connectivity index (χ2v) is 7.47. The molecule has 1 unspecified atom stereocenters. The van der Waals surface area contributed by atoms with E-state index in [1.165, 1.54) is 0 Å². The number of H-pyrrole nitrogens is 1. The molecule has 3 heterocycles. The number of aryl methyl sites for hydroxylation is 2. The zero-order valence-corrected chi connectivity index (χ0v) is 17.5. The Labute approximate surface area is 183 Å². The fourth-order valence-electron chi connectivity index (χ4n) is 3.67. The molecule has 8 nitrogen and oxygen atoms in total. The first-order valence-electron chi connectivity index (χ1n) is 10.2. The van der Waals surface area contributed by atoms with Gasteiger partial charge in [0.25, 0.3) is 11.6 Å². The summed E-state index contributed by atoms with van der Waals surface area (Å²) < 4.78 is 5.41. The quantitative estimate of drug-likeness (QED) is 0.439. The smallest absolute Gasteiger partial charge is 0.259 e. The van der Waals surface area contributed by atoms with Gasteiger partial charge in [-0.15, -0.1) is 0 Å². The molecular formula is C24H20N6O2. The van der Waals surface area contributed by atoms with Crippen LogP contribution in [-0.2, 0) is 0 Å². The minimum atomic E-state index is -0.530. The van der Waals surface area contributed by atoms with Crippen LogP contribution in [-0.4, -0.2) is 31.2 Å². The highest BCUT2D eigenvalue weighted by Crippen LogP contribution is 2.28. The lowest BCUT2D eigenvalue weighted by atomic mass is 10.0. The Balaban J connectivity index is 1.59. The first kappa shape index (κ1) is 19.6. The largest absolute Gasteiger partial charge is 0.338 e. The van der Waals surface area contributed by atoms with E-state index in [9.17, 15) is 4.79 Å². The van der Waals surface area contributed by atoms with Crippen molar-refractivity contribution in [1.29, 1.82) is 0 Å². The molecule has 0 saturated heterocycles. The van der Waals surface area contributed by atoms with Crippen LogP contribution in [0.3, 0.4) is 0 Å². The number of nitrogens with zero attached hydrogens (tertiary/aromatic N) is 4. The number of aromatic nitrogens is 5. The summed E-state index contributed by atoms with van der Waals surface area (Å²) in [5.74, 6) is 0.859. The lowest BCUT2D eigenvalue weighted by molar-refractivity contribution is 0.0943. The number of carbonyl (C=O) groups excluding carboxylic acids is 1. The predicted molar refractivity (Wildman–Crippen MR) is 119 cm³/mol. The van der Waals surface area contributed by atoms with Gasteiger partial charge in [-0.1, -0.05) is 65.8 Å². The molecule has 1 atom stereocenters. The van der Waals surface area contributed by atoms with Gasteiger partial charge in [0, 0.05) is 5.56 Å². The molecule has 0 aliphatic carbocycles. The van der Waals surface area contributed by atoms with E-state index in [4.69, 9.17) is 4.52 Å². The van der Waals surface area contributed by atoms with Crippen molar-refractivity contribution in [2.45, 2.75) is 19.9 Å². The lowest BCUT2D eigenvalue weighted by Crippen LogP contribution is -2.30.